The van der Waals surface area contributed by atoms with Crippen molar-refractivity contribution >= 4 is 5.97 Å². The molecule has 3 atom stereocenters. The lowest BCUT2D eigenvalue weighted by Gasteiger charge is -2.36. The minimum Gasteiger partial charge on any atom is -0.481 e. The highest BCUT2D eigenvalue weighted by atomic mass is 16.4. The van der Waals surface area contributed by atoms with Gasteiger partial charge in [-0.15, -0.1) is 0 Å². The van der Waals surface area contributed by atoms with E-state index in [0.717, 1.165) is 32.4 Å². The molecule has 3 unspecified atom stereocenters. The fraction of sp³-hybridized carbons (Fsp3) is 0.611. The number of carbonyl (C=O) groups is 1. The van der Waals surface area contributed by atoms with Crippen molar-refractivity contribution in [2.45, 2.75) is 50.5 Å². The zero-order valence-electron chi connectivity index (χ0n) is 12.8. The number of rotatable bonds is 3. The summed E-state index contributed by atoms with van der Waals surface area (Å²) in [4.78, 5) is 13.7. The Balaban J connectivity index is 1.68. The second-order valence-electron chi connectivity index (χ2n) is 7.00. The first-order chi connectivity index (χ1) is 10.1. The summed E-state index contributed by atoms with van der Waals surface area (Å²) in [5.41, 5.74) is 1.68. The van der Waals surface area contributed by atoms with E-state index in [2.05, 4.69) is 42.2 Å². The predicted octanol–water partition coefficient (Wildman–Crippen LogP) is 3.29. The molecule has 0 radical (unpaired) electrons. The van der Waals surface area contributed by atoms with Crippen LogP contribution in [0.5, 0.6) is 0 Å². The molecule has 3 heteroatoms. The summed E-state index contributed by atoms with van der Waals surface area (Å²) in [6.07, 6.45) is 5.42. The van der Waals surface area contributed by atoms with Crippen molar-refractivity contribution in [3.8, 4) is 0 Å². The molecule has 1 aromatic rings. The average molecular weight is 287 g/mol. The van der Waals surface area contributed by atoms with E-state index in [-0.39, 0.29) is 11.3 Å². The van der Waals surface area contributed by atoms with Gasteiger partial charge in [-0.2, -0.15) is 0 Å². The molecular formula is C18H25NO2. The zero-order chi connectivity index (χ0) is 14.9. The molecule has 0 bridgehead atoms. The zero-order valence-corrected chi connectivity index (χ0v) is 12.8. The predicted molar refractivity (Wildman–Crippen MR) is 83.4 cm³/mol. The summed E-state index contributed by atoms with van der Waals surface area (Å²) in [6, 6.07) is 11.3. The molecule has 114 valence electrons. The fourth-order valence-electron chi connectivity index (χ4n) is 4.16. The molecule has 1 heterocycles. The minimum atomic E-state index is -0.622. The van der Waals surface area contributed by atoms with Gasteiger partial charge in [0.15, 0.2) is 0 Å². The molecular weight excluding hydrogens is 262 g/mol. The summed E-state index contributed by atoms with van der Waals surface area (Å²) in [5.74, 6) is -0.786. The highest BCUT2D eigenvalue weighted by Crippen LogP contribution is 2.43. The van der Waals surface area contributed by atoms with Crippen LogP contribution in [0.15, 0.2) is 30.3 Å². The molecule has 0 spiro atoms. The number of hydrogen-bond acceptors (Lipinski definition) is 2. The van der Waals surface area contributed by atoms with Gasteiger partial charge in [0, 0.05) is 12.6 Å². The lowest BCUT2D eigenvalue weighted by molar-refractivity contribution is -0.143. The van der Waals surface area contributed by atoms with Crippen LogP contribution in [-0.4, -0.2) is 35.1 Å². The van der Waals surface area contributed by atoms with Crippen LogP contribution in [0, 0.1) is 5.92 Å². The van der Waals surface area contributed by atoms with E-state index in [1.165, 1.54) is 18.4 Å². The van der Waals surface area contributed by atoms with Gasteiger partial charge in [-0.3, -0.25) is 9.69 Å². The number of aliphatic carboxylic acids is 1. The smallest absolute Gasteiger partial charge is 0.307 e. The number of benzene rings is 1. The summed E-state index contributed by atoms with van der Waals surface area (Å²) >= 11 is 0. The first-order valence-electron chi connectivity index (χ1n) is 8.11. The van der Waals surface area contributed by atoms with E-state index >= 15 is 0 Å². The monoisotopic (exact) mass is 287 g/mol. The van der Waals surface area contributed by atoms with Gasteiger partial charge in [0.25, 0.3) is 0 Å². The van der Waals surface area contributed by atoms with Gasteiger partial charge in [0.1, 0.15) is 0 Å². The molecule has 1 saturated heterocycles. The van der Waals surface area contributed by atoms with Gasteiger partial charge in [-0.05, 0) is 49.6 Å². The molecule has 1 saturated carbocycles. The summed E-state index contributed by atoms with van der Waals surface area (Å²) in [5, 5.41) is 9.25. The van der Waals surface area contributed by atoms with E-state index in [1.54, 1.807) is 0 Å². The first-order valence-corrected chi connectivity index (χ1v) is 8.11. The SMILES string of the molecule is CC1(c2ccccc2)CCC(N2CCCC(C(=O)O)C2)C1. The average Bonchev–Trinajstić information content (AvgIpc) is 2.92. The number of carboxylic acids is 1. The molecule has 1 N–H and O–H groups in total. The Kier molecular flexibility index (Phi) is 4.03. The van der Waals surface area contributed by atoms with Crippen molar-refractivity contribution in [3.05, 3.63) is 35.9 Å². The number of carboxylic acid groups (broad SMARTS) is 1. The lowest BCUT2D eigenvalue weighted by Crippen LogP contribution is -2.44. The molecule has 3 nitrogen and oxygen atoms in total. The van der Waals surface area contributed by atoms with Crippen LogP contribution < -0.4 is 0 Å². The van der Waals surface area contributed by atoms with E-state index < -0.39 is 5.97 Å². The largest absolute Gasteiger partial charge is 0.481 e. The Morgan fingerprint density at radius 1 is 1.29 bits per heavy atom. The van der Waals surface area contributed by atoms with Crippen molar-refractivity contribution in [1.82, 2.24) is 4.90 Å². The maximum absolute atomic E-state index is 11.2. The number of nitrogens with zero attached hydrogens (tertiary/aromatic N) is 1. The fourth-order valence-corrected chi connectivity index (χ4v) is 4.16. The molecule has 21 heavy (non-hydrogen) atoms. The Labute approximate surface area is 127 Å². The topological polar surface area (TPSA) is 40.5 Å². The Bertz CT molecular complexity index is 501. The van der Waals surface area contributed by atoms with Crippen LogP contribution in [0.4, 0.5) is 0 Å². The standard InChI is InChI=1S/C18H25NO2/c1-18(15-7-3-2-4-8-15)10-9-16(12-18)19-11-5-6-14(13-19)17(20)21/h2-4,7-8,14,16H,5-6,9-13H2,1H3,(H,20,21). The van der Waals surface area contributed by atoms with E-state index in [1.807, 2.05) is 0 Å². The molecule has 3 rings (SSSR count). The number of piperidine rings is 1. The van der Waals surface area contributed by atoms with Crippen LogP contribution in [0.1, 0.15) is 44.6 Å². The van der Waals surface area contributed by atoms with E-state index in [0.29, 0.717) is 6.04 Å². The molecule has 2 fully saturated rings. The number of hydrogen-bond donors (Lipinski definition) is 1. The van der Waals surface area contributed by atoms with Gasteiger partial charge in [-0.1, -0.05) is 37.3 Å². The third-order valence-corrected chi connectivity index (χ3v) is 5.50. The molecule has 0 amide bonds. The van der Waals surface area contributed by atoms with Crippen LogP contribution in [0.25, 0.3) is 0 Å². The second kappa shape index (κ2) is 5.80. The quantitative estimate of drug-likeness (QED) is 0.927. The van der Waals surface area contributed by atoms with Crippen LogP contribution >= 0.6 is 0 Å². The van der Waals surface area contributed by atoms with E-state index in [4.69, 9.17) is 0 Å². The van der Waals surface area contributed by atoms with Crippen LogP contribution in [0.3, 0.4) is 0 Å². The molecule has 1 aromatic carbocycles. The normalized spacial score (nSPS) is 34.0. The van der Waals surface area contributed by atoms with Gasteiger partial charge in [-0.25, -0.2) is 0 Å². The van der Waals surface area contributed by atoms with Crippen molar-refractivity contribution < 1.29 is 9.90 Å². The highest BCUT2D eigenvalue weighted by Gasteiger charge is 2.40. The van der Waals surface area contributed by atoms with Crippen molar-refractivity contribution in [3.63, 3.8) is 0 Å². The van der Waals surface area contributed by atoms with Crippen LogP contribution in [0.2, 0.25) is 0 Å². The van der Waals surface area contributed by atoms with Crippen LogP contribution in [-0.2, 0) is 10.2 Å². The second-order valence-corrected chi connectivity index (χ2v) is 7.00. The third kappa shape index (κ3) is 2.98. The van der Waals surface area contributed by atoms with Gasteiger partial charge in [0.05, 0.1) is 5.92 Å². The van der Waals surface area contributed by atoms with Gasteiger partial charge < -0.3 is 5.11 Å². The third-order valence-electron chi connectivity index (χ3n) is 5.50. The summed E-state index contributed by atoms with van der Waals surface area (Å²) < 4.78 is 0. The maximum atomic E-state index is 11.2. The summed E-state index contributed by atoms with van der Waals surface area (Å²) in [7, 11) is 0. The molecule has 2 aliphatic rings. The summed E-state index contributed by atoms with van der Waals surface area (Å²) in [6.45, 7) is 4.17. The molecule has 1 aliphatic heterocycles. The van der Waals surface area contributed by atoms with Crippen molar-refractivity contribution in [2.75, 3.05) is 13.1 Å². The van der Waals surface area contributed by atoms with Crippen molar-refractivity contribution in [1.29, 1.82) is 0 Å². The van der Waals surface area contributed by atoms with Gasteiger partial charge in [0.2, 0.25) is 0 Å². The molecule has 1 aliphatic carbocycles. The number of likely N-dealkylation sites (tertiary alicyclic amines) is 1. The Morgan fingerprint density at radius 3 is 2.76 bits per heavy atom. The molecule has 0 aromatic heterocycles. The van der Waals surface area contributed by atoms with Gasteiger partial charge >= 0.3 is 5.97 Å². The Hall–Kier alpha value is -1.35. The lowest BCUT2D eigenvalue weighted by atomic mass is 9.80. The highest BCUT2D eigenvalue weighted by molar-refractivity contribution is 5.70. The Morgan fingerprint density at radius 2 is 2.05 bits per heavy atom. The maximum Gasteiger partial charge on any atom is 0.307 e. The van der Waals surface area contributed by atoms with Crippen molar-refractivity contribution in [2.24, 2.45) is 5.92 Å². The van der Waals surface area contributed by atoms with E-state index in [9.17, 15) is 9.90 Å². The minimum absolute atomic E-state index is 0.165. The first kappa shape index (κ1) is 14.6.